The van der Waals surface area contributed by atoms with E-state index >= 15 is 0 Å². The molecule has 0 bridgehead atoms. The zero-order chi connectivity index (χ0) is 19.8. The highest BCUT2D eigenvalue weighted by atomic mass is 19.1. The number of halogens is 1. The summed E-state index contributed by atoms with van der Waals surface area (Å²) in [5, 5.41) is 6.89. The highest BCUT2D eigenvalue weighted by Crippen LogP contribution is 2.16. The number of rotatable bonds is 4. The molecule has 0 radical (unpaired) electrons. The number of fused-ring (bicyclic) bond motifs is 2. The van der Waals surface area contributed by atoms with E-state index < -0.39 is 17.2 Å². The fourth-order valence-corrected chi connectivity index (χ4v) is 3.35. The van der Waals surface area contributed by atoms with Crippen molar-refractivity contribution in [3.63, 3.8) is 0 Å². The molecular formula is C20H18FN5O2. The maximum absolute atomic E-state index is 13.6. The van der Waals surface area contributed by atoms with Gasteiger partial charge in [-0.3, -0.25) is 14.3 Å². The zero-order valence-electron chi connectivity index (χ0n) is 15.4. The first-order chi connectivity index (χ1) is 13.5. The molecule has 2 aromatic carbocycles. The number of carbonyl (C=O) groups is 1. The maximum atomic E-state index is 13.6. The van der Waals surface area contributed by atoms with Gasteiger partial charge in [0.1, 0.15) is 11.6 Å². The summed E-state index contributed by atoms with van der Waals surface area (Å²) in [6.45, 7) is 2.84. The van der Waals surface area contributed by atoms with E-state index in [1.165, 1.54) is 16.8 Å². The van der Waals surface area contributed by atoms with E-state index in [0.29, 0.717) is 17.9 Å². The van der Waals surface area contributed by atoms with E-state index in [9.17, 15) is 14.0 Å². The molecule has 0 aliphatic rings. The number of carbonyl (C=O) groups excluding carboxylic acids is 1. The summed E-state index contributed by atoms with van der Waals surface area (Å²) in [5.74, 6) is -0.485. The van der Waals surface area contributed by atoms with E-state index in [4.69, 9.17) is 0 Å². The van der Waals surface area contributed by atoms with Crippen LogP contribution in [0.25, 0.3) is 21.9 Å². The number of nitrogens with zero attached hydrogens (tertiary/aromatic N) is 4. The van der Waals surface area contributed by atoms with Gasteiger partial charge < -0.3 is 9.88 Å². The van der Waals surface area contributed by atoms with Gasteiger partial charge >= 0.3 is 0 Å². The van der Waals surface area contributed by atoms with Gasteiger partial charge in [0.25, 0.3) is 5.91 Å². The van der Waals surface area contributed by atoms with Crippen LogP contribution in [0, 0.1) is 5.82 Å². The van der Waals surface area contributed by atoms with Gasteiger partial charge in [0.05, 0.1) is 28.5 Å². The van der Waals surface area contributed by atoms with E-state index in [1.54, 1.807) is 7.05 Å². The van der Waals surface area contributed by atoms with Crippen molar-refractivity contribution in [1.29, 1.82) is 0 Å². The Labute approximate surface area is 159 Å². The molecule has 4 aromatic rings. The normalized spacial score (nSPS) is 11.2. The van der Waals surface area contributed by atoms with E-state index in [-0.39, 0.29) is 17.6 Å². The Bertz CT molecular complexity index is 1280. The second kappa shape index (κ2) is 6.88. The number of amides is 1. The minimum atomic E-state index is -0.624. The average molecular weight is 379 g/mol. The van der Waals surface area contributed by atoms with Gasteiger partial charge in [-0.05, 0) is 37.3 Å². The molecule has 0 saturated carbocycles. The Morgan fingerprint density at radius 1 is 1.18 bits per heavy atom. The lowest BCUT2D eigenvalue weighted by Crippen LogP contribution is -2.32. The Hall–Kier alpha value is -3.55. The van der Waals surface area contributed by atoms with Crippen molar-refractivity contribution in [3.05, 3.63) is 70.0 Å². The highest BCUT2D eigenvalue weighted by Gasteiger charge is 2.18. The largest absolute Gasteiger partial charge is 0.343 e. The summed E-state index contributed by atoms with van der Waals surface area (Å²) in [6.07, 6.45) is 0. The lowest BCUT2D eigenvalue weighted by Gasteiger charge is -2.09. The summed E-state index contributed by atoms with van der Waals surface area (Å²) >= 11 is 0. The first-order valence-corrected chi connectivity index (χ1v) is 8.88. The molecular weight excluding hydrogens is 361 g/mol. The molecule has 2 heterocycles. The number of hydrogen-bond donors (Lipinski definition) is 1. The molecule has 1 amide bonds. The third-order valence-electron chi connectivity index (χ3n) is 4.69. The number of aromatic nitrogens is 4. The SMILES string of the molecule is CCn1c(CNC(=O)c2nn(C)c3ccc(F)cc3c2=O)nc2ccccc21. The molecule has 4 rings (SSSR count). The Morgan fingerprint density at radius 2 is 1.96 bits per heavy atom. The molecule has 7 nitrogen and oxygen atoms in total. The molecule has 0 aliphatic carbocycles. The number of para-hydroxylation sites is 2. The smallest absolute Gasteiger partial charge is 0.276 e. The fraction of sp³-hybridized carbons (Fsp3) is 0.200. The van der Waals surface area contributed by atoms with Gasteiger partial charge in [0.15, 0.2) is 5.69 Å². The number of imidazole rings is 1. The van der Waals surface area contributed by atoms with Gasteiger partial charge in [-0.1, -0.05) is 12.1 Å². The van der Waals surface area contributed by atoms with Crippen molar-refractivity contribution in [3.8, 4) is 0 Å². The van der Waals surface area contributed by atoms with Crippen LogP contribution >= 0.6 is 0 Å². The molecule has 0 unspecified atom stereocenters. The van der Waals surface area contributed by atoms with Gasteiger partial charge in [-0.15, -0.1) is 0 Å². The first-order valence-electron chi connectivity index (χ1n) is 8.88. The third-order valence-corrected chi connectivity index (χ3v) is 4.69. The Morgan fingerprint density at radius 3 is 2.75 bits per heavy atom. The van der Waals surface area contributed by atoms with Crippen LogP contribution in [0.5, 0.6) is 0 Å². The van der Waals surface area contributed by atoms with Crippen molar-refractivity contribution in [2.45, 2.75) is 20.0 Å². The summed E-state index contributed by atoms with van der Waals surface area (Å²) in [7, 11) is 1.60. The van der Waals surface area contributed by atoms with Gasteiger partial charge in [0, 0.05) is 13.6 Å². The maximum Gasteiger partial charge on any atom is 0.276 e. The quantitative estimate of drug-likeness (QED) is 0.590. The number of hydrogen-bond acceptors (Lipinski definition) is 4. The highest BCUT2D eigenvalue weighted by molar-refractivity contribution is 5.95. The lowest BCUT2D eigenvalue weighted by molar-refractivity contribution is 0.0941. The monoisotopic (exact) mass is 379 g/mol. The number of benzene rings is 2. The third kappa shape index (κ3) is 2.92. The van der Waals surface area contributed by atoms with Crippen LogP contribution in [0.3, 0.4) is 0 Å². The van der Waals surface area contributed by atoms with Crippen molar-refractivity contribution in [1.82, 2.24) is 24.6 Å². The first kappa shape index (κ1) is 17.8. The Balaban J connectivity index is 1.66. The molecule has 0 fully saturated rings. The van der Waals surface area contributed by atoms with E-state index in [2.05, 4.69) is 15.4 Å². The standard InChI is InChI=1S/C20H18FN5O2/c1-3-26-16-7-5-4-6-14(16)23-17(26)11-22-20(28)18-19(27)13-10-12(21)8-9-15(13)25(2)24-18/h4-10H,3,11H2,1-2H3,(H,22,28). The molecule has 2 aromatic heterocycles. The second-order valence-electron chi connectivity index (χ2n) is 6.41. The van der Waals surface area contributed by atoms with Crippen LogP contribution in [-0.2, 0) is 20.1 Å². The molecule has 28 heavy (non-hydrogen) atoms. The summed E-state index contributed by atoms with van der Waals surface area (Å²) in [5.41, 5.74) is 1.39. The van der Waals surface area contributed by atoms with Crippen LogP contribution in [0.15, 0.2) is 47.3 Å². The summed E-state index contributed by atoms with van der Waals surface area (Å²) < 4.78 is 16.9. The molecule has 1 N–H and O–H groups in total. The molecule has 8 heteroatoms. The van der Waals surface area contributed by atoms with Crippen LogP contribution in [0.4, 0.5) is 4.39 Å². The zero-order valence-corrected chi connectivity index (χ0v) is 15.4. The van der Waals surface area contributed by atoms with Crippen LogP contribution < -0.4 is 10.7 Å². The van der Waals surface area contributed by atoms with E-state index in [1.807, 2.05) is 35.8 Å². The van der Waals surface area contributed by atoms with Crippen LogP contribution in [-0.4, -0.2) is 25.2 Å². The predicted molar refractivity (Wildman–Crippen MR) is 104 cm³/mol. The average Bonchev–Trinajstić information content (AvgIpc) is 3.06. The second-order valence-corrected chi connectivity index (χ2v) is 6.41. The fourth-order valence-electron chi connectivity index (χ4n) is 3.35. The van der Waals surface area contributed by atoms with Crippen molar-refractivity contribution in [2.24, 2.45) is 7.05 Å². The minimum absolute atomic E-state index is 0.114. The summed E-state index contributed by atoms with van der Waals surface area (Å²) in [4.78, 5) is 29.8. The summed E-state index contributed by atoms with van der Waals surface area (Å²) in [6, 6.07) is 11.5. The molecule has 0 spiro atoms. The van der Waals surface area contributed by atoms with Crippen LogP contribution in [0.2, 0.25) is 0 Å². The van der Waals surface area contributed by atoms with Gasteiger partial charge in [-0.2, -0.15) is 5.10 Å². The topological polar surface area (TPSA) is 81.8 Å². The van der Waals surface area contributed by atoms with Crippen molar-refractivity contribution >= 4 is 27.8 Å². The minimum Gasteiger partial charge on any atom is -0.343 e. The van der Waals surface area contributed by atoms with Gasteiger partial charge in [0.2, 0.25) is 5.43 Å². The van der Waals surface area contributed by atoms with Crippen molar-refractivity contribution < 1.29 is 9.18 Å². The molecule has 0 atom stereocenters. The Kier molecular flexibility index (Phi) is 4.38. The number of nitrogens with one attached hydrogen (secondary N) is 1. The predicted octanol–water partition coefficient (Wildman–Crippen LogP) is 2.37. The van der Waals surface area contributed by atoms with Crippen molar-refractivity contribution in [2.75, 3.05) is 0 Å². The number of aryl methyl sites for hydroxylation is 2. The van der Waals surface area contributed by atoms with Gasteiger partial charge in [-0.25, -0.2) is 9.37 Å². The molecule has 0 aliphatic heterocycles. The molecule has 0 saturated heterocycles. The molecule has 142 valence electrons. The van der Waals surface area contributed by atoms with E-state index in [0.717, 1.165) is 17.1 Å². The van der Waals surface area contributed by atoms with Crippen LogP contribution in [0.1, 0.15) is 23.2 Å². The lowest BCUT2D eigenvalue weighted by atomic mass is 10.2.